The van der Waals surface area contributed by atoms with Gasteiger partial charge in [-0.3, -0.25) is 4.79 Å². The number of H-pyrrole nitrogens is 1. The third kappa shape index (κ3) is 5.87. The summed E-state index contributed by atoms with van der Waals surface area (Å²) in [5.74, 6) is 1.12. The number of nitrogens with one attached hydrogen (secondary N) is 1. The van der Waals surface area contributed by atoms with Gasteiger partial charge in [-0.25, -0.2) is 9.38 Å². The maximum atomic E-state index is 13.2. The summed E-state index contributed by atoms with van der Waals surface area (Å²) in [5, 5.41) is 12.3. The van der Waals surface area contributed by atoms with Crippen LogP contribution in [-0.4, -0.2) is 35.1 Å². The molecule has 0 aliphatic carbocycles. The second kappa shape index (κ2) is 10.00. The van der Waals surface area contributed by atoms with Gasteiger partial charge in [0.25, 0.3) is 0 Å². The Morgan fingerprint density at radius 2 is 1.84 bits per heavy atom. The standard InChI is InChI=1S/C24H24FN3O4/c25-18-3-1-2-17(14-18)16-31-20-5-7-21(8-6-20)32-22-10-12-28(13-11-22)24(30)27-19-4-9-23(29)26-15-19/h1-9,14-15,22H,10-13,16H2,(H,26,29)(H,27,30)/p-1. The molecule has 1 fully saturated rings. The summed E-state index contributed by atoms with van der Waals surface area (Å²) >= 11 is 0. The molecule has 0 atom stereocenters. The van der Waals surface area contributed by atoms with Crippen molar-refractivity contribution in [2.45, 2.75) is 25.6 Å². The van der Waals surface area contributed by atoms with Gasteiger partial charge in [0.15, 0.2) is 0 Å². The highest BCUT2D eigenvalue weighted by atomic mass is 19.1. The predicted molar refractivity (Wildman–Crippen MR) is 117 cm³/mol. The molecule has 1 N–H and O–H groups in total. The Morgan fingerprint density at radius 1 is 1.09 bits per heavy atom. The van der Waals surface area contributed by atoms with Gasteiger partial charge >= 0.3 is 0 Å². The molecule has 1 aliphatic rings. The number of pyridine rings is 1. The predicted octanol–water partition coefficient (Wildman–Crippen LogP) is 2.98. The first-order valence-electron chi connectivity index (χ1n) is 10.4. The van der Waals surface area contributed by atoms with Gasteiger partial charge in [0.2, 0.25) is 5.56 Å². The summed E-state index contributed by atoms with van der Waals surface area (Å²) < 4.78 is 25.0. The minimum absolute atomic E-state index is 0.00573. The Hall–Kier alpha value is -3.81. The van der Waals surface area contributed by atoms with Crippen molar-refractivity contribution in [1.29, 1.82) is 0 Å². The summed E-state index contributed by atoms with van der Waals surface area (Å²) in [6.07, 6.45) is 2.82. The quantitative estimate of drug-likeness (QED) is 0.474. The number of rotatable bonds is 6. The van der Waals surface area contributed by atoms with Crippen LogP contribution in [0.4, 0.5) is 10.1 Å². The molecule has 0 amide bonds. The number of hydrogen-bond acceptors (Lipinski definition) is 5. The number of nitrogens with zero attached hydrogens (tertiary/aromatic N) is 2. The third-order valence-electron chi connectivity index (χ3n) is 5.13. The van der Waals surface area contributed by atoms with Crippen LogP contribution in [0.1, 0.15) is 18.4 Å². The van der Waals surface area contributed by atoms with Crippen molar-refractivity contribution in [3.05, 3.63) is 88.6 Å². The molecule has 166 valence electrons. The molecule has 0 saturated carbocycles. The Morgan fingerprint density at radius 3 is 2.53 bits per heavy atom. The highest BCUT2D eigenvalue weighted by Crippen LogP contribution is 2.23. The van der Waals surface area contributed by atoms with E-state index in [1.807, 2.05) is 30.3 Å². The summed E-state index contributed by atoms with van der Waals surface area (Å²) in [6.45, 7) is 1.38. The van der Waals surface area contributed by atoms with Crippen molar-refractivity contribution in [1.82, 2.24) is 9.88 Å². The monoisotopic (exact) mass is 436 g/mol. The van der Waals surface area contributed by atoms with Crippen LogP contribution in [0.3, 0.4) is 0 Å². The van der Waals surface area contributed by atoms with Crippen LogP contribution in [0.2, 0.25) is 0 Å². The fourth-order valence-corrected chi connectivity index (χ4v) is 3.42. The SMILES string of the molecule is O=c1ccc(N=C([O-])N2CCC(Oc3ccc(OCc4cccc(F)c4)cc3)CC2)c[nH]1. The summed E-state index contributed by atoms with van der Waals surface area (Å²) in [4.78, 5) is 19.3. The van der Waals surface area contributed by atoms with Gasteiger partial charge in [-0.2, -0.15) is 0 Å². The van der Waals surface area contributed by atoms with E-state index in [1.54, 1.807) is 11.0 Å². The maximum absolute atomic E-state index is 13.2. The molecule has 0 radical (unpaired) electrons. The van der Waals surface area contributed by atoms with Crippen LogP contribution in [0.25, 0.3) is 0 Å². The zero-order valence-electron chi connectivity index (χ0n) is 17.4. The van der Waals surface area contributed by atoms with E-state index < -0.39 is 0 Å². The molecule has 0 bridgehead atoms. The van der Waals surface area contributed by atoms with Gasteiger partial charge in [0, 0.05) is 38.2 Å². The normalized spacial score (nSPS) is 14.9. The van der Waals surface area contributed by atoms with E-state index in [-0.39, 0.29) is 30.1 Å². The number of ether oxygens (including phenoxy) is 2. The van der Waals surface area contributed by atoms with Crippen molar-refractivity contribution in [3.8, 4) is 11.5 Å². The smallest absolute Gasteiger partial charge is 0.248 e. The number of benzene rings is 2. The fourth-order valence-electron chi connectivity index (χ4n) is 3.42. The van der Waals surface area contributed by atoms with Crippen molar-refractivity contribution >= 4 is 11.7 Å². The molecule has 1 saturated heterocycles. The zero-order valence-corrected chi connectivity index (χ0v) is 17.4. The molecule has 7 nitrogen and oxygen atoms in total. The molecule has 32 heavy (non-hydrogen) atoms. The summed E-state index contributed by atoms with van der Waals surface area (Å²) in [6, 6.07) is 16.1. The number of halogens is 1. The molecular weight excluding hydrogens is 413 g/mol. The van der Waals surface area contributed by atoms with Crippen molar-refractivity contribution < 1.29 is 19.0 Å². The first kappa shape index (κ1) is 21.4. The second-order valence-corrected chi connectivity index (χ2v) is 7.50. The minimum Gasteiger partial charge on any atom is -0.846 e. The molecular formula is C24H23FN3O4-. The van der Waals surface area contributed by atoms with Gasteiger partial charge in [0.05, 0.1) is 11.7 Å². The lowest BCUT2D eigenvalue weighted by molar-refractivity contribution is -0.236. The summed E-state index contributed by atoms with van der Waals surface area (Å²) in [7, 11) is 0. The topological polar surface area (TPSA) is 90.0 Å². The second-order valence-electron chi connectivity index (χ2n) is 7.50. The number of likely N-dealkylation sites (tertiary alicyclic amines) is 1. The van der Waals surface area contributed by atoms with E-state index in [9.17, 15) is 14.3 Å². The zero-order chi connectivity index (χ0) is 22.3. The molecule has 8 heteroatoms. The highest BCUT2D eigenvalue weighted by Gasteiger charge is 2.20. The molecule has 0 unspecified atom stereocenters. The van der Waals surface area contributed by atoms with Crippen molar-refractivity contribution in [3.63, 3.8) is 0 Å². The van der Waals surface area contributed by atoms with Crippen LogP contribution >= 0.6 is 0 Å². The Bertz CT molecular complexity index is 1100. The Kier molecular flexibility index (Phi) is 6.69. The number of aliphatic imine (C=N–C) groups is 1. The van der Waals surface area contributed by atoms with E-state index >= 15 is 0 Å². The molecule has 4 rings (SSSR count). The van der Waals surface area contributed by atoms with Crippen LogP contribution in [0, 0.1) is 5.82 Å². The summed E-state index contributed by atoms with van der Waals surface area (Å²) in [5.41, 5.74) is 0.951. The van der Waals surface area contributed by atoms with Crippen LogP contribution < -0.4 is 20.1 Å². The largest absolute Gasteiger partial charge is 0.846 e. The molecule has 1 aliphatic heterocycles. The van der Waals surface area contributed by atoms with Gasteiger partial charge in [0.1, 0.15) is 30.0 Å². The van der Waals surface area contributed by atoms with Crippen molar-refractivity contribution in [2.75, 3.05) is 13.1 Å². The van der Waals surface area contributed by atoms with Crippen LogP contribution in [-0.2, 0) is 6.61 Å². The van der Waals surface area contributed by atoms with E-state index in [0.29, 0.717) is 37.4 Å². The molecule has 3 aromatic rings. The van der Waals surface area contributed by atoms with Crippen LogP contribution in [0.5, 0.6) is 11.5 Å². The number of hydrogen-bond donors (Lipinski definition) is 1. The number of amidine groups is 1. The lowest BCUT2D eigenvalue weighted by Crippen LogP contribution is -2.46. The van der Waals surface area contributed by atoms with E-state index in [2.05, 4.69) is 9.98 Å². The van der Waals surface area contributed by atoms with Crippen LogP contribution in [0.15, 0.2) is 76.6 Å². The number of piperidine rings is 1. The molecule has 2 heterocycles. The molecule has 1 aromatic heterocycles. The number of aromatic amines is 1. The average molecular weight is 436 g/mol. The van der Waals surface area contributed by atoms with E-state index in [0.717, 1.165) is 11.3 Å². The lowest BCUT2D eigenvalue weighted by Gasteiger charge is -2.36. The molecule has 0 spiro atoms. The Balaban J connectivity index is 1.25. The van der Waals surface area contributed by atoms with Gasteiger partial charge in [-0.15, -0.1) is 0 Å². The minimum atomic E-state index is -0.324. The molecule has 2 aromatic carbocycles. The van der Waals surface area contributed by atoms with Gasteiger partial charge in [-0.1, -0.05) is 12.1 Å². The van der Waals surface area contributed by atoms with Crippen molar-refractivity contribution in [2.24, 2.45) is 4.99 Å². The van der Waals surface area contributed by atoms with E-state index in [4.69, 9.17) is 9.47 Å². The first-order chi connectivity index (χ1) is 15.5. The Labute approximate surface area is 184 Å². The lowest BCUT2D eigenvalue weighted by atomic mass is 10.1. The maximum Gasteiger partial charge on any atom is 0.248 e. The average Bonchev–Trinajstić information content (AvgIpc) is 2.81. The first-order valence-corrected chi connectivity index (χ1v) is 10.4. The third-order valence-corrected chi connectivity index (χ3v) is 5.13. The highest BCUT2D eigenvalue weighted by molar-refractivity contribution is 5.72. The van der Waals surface area contributed by atoms with Gasteiger partial charge in [-0.05, 0) is 48.0 Å². The van der Waals surface area contributed by atoms with Gasteiger partial charge < -0.3 is 24.5 Å². The fraction of sp³-hybridized carbons (Fsp3) is 0.250. The van der Waals surface area contributed by atoms with E-state index in [1.165, 1.54) is 30.5 Å². The number of aromatic nitrogens is 1.